The van der Waals surface area contributed by atoms with E-state index in [1.54, 1.807) is 18.2 Å². The largest absolute Gasteiger partial charge is 0.490 e. The van der Waals surface area contributed by atoms with E-state index in [-0.39, 0.29) is 23.3 Å². The first-order valence-electron chi connectivity index (χ1n) is 9.35. The zero-order valence-corrected chi connectivity index (χ0v) is 19.5. The van der Waals surface area contributed by atoms with Crippen molar-refractivity contribution in [3.63, 3.8) is 0 Å². The highest BCUT2D eigenvalue weighted by molar-refractivity contribution is 8.27. The Morgan fingerprint density at radius 2 is 2.00 bits per heavy atom. The molecule has 0 unspecified atom stereocenters. The van der Waals surface area contributed by atoms with Gasteiger partial charge in [0.15, 0.2) is 22.4 Å². The minimum Gasteiger partial charge on any atom is -0.490 e. The summed E-state index contributed by atoms with van der Waals surface area (Å²) in [7, 11) is 1.27. The van der Waals surface area contributed by atoms with Gasteiger partial charge >= 0.3 is 5.97 Å². The van der Waals surface area contributed by atoms with Crippen LogP contribution in [0.4, 0.5) is 5.69 Å². The average Bonchev–Trinajstić information content (AvgIpc) is 3.00. The van der Waals surface area contributed by atoms with Crippen LogP contribution >= 0.6 is 35.6 Å². The van der Waals surface area contributed by atoms with Gasteiger partial charge in [0.25, 0.3) is 5.91 Å². The predicted molar refractivity (Wildman–Crippen MR) is 127 cm³/mol. The standard InChI is InChI=1S/C22H20ClNO5S2/c1-4-28-17-10-14(9-15(23)20(17)29-12-19(25)27-3)11-18-21(26)24(22(30)31-18)16-8-6-5-7-13(16)2/h5-11H,4,12H2,1-3H3/b18-11+. The van der Waals surface area contributed by atoms with Crippen molar-refractivity contribution in [1.29, 1.82) is 0 Å². The van der Waals surface area contributed by atoms with E-state index in [1.165, 1.54) is 23.8 Å². The summed E-state index contributed by atoms with van der Waals surface area (Å²) >= 11 is 13.0. The van der Waals surface area contributed by atoms with Gasteiger partial charge in [0.2, 0.25) is 0 Å². The van der Waals surface area contributed by atoms with Crippen LogP contribution in [0, 0.1) is 6.92 Å². The smallest absolute Gasteiger partial charge is 0.343 e. The van der Waals surface area contributed by atoms with Crippen molar-refractivity contribution in [2.75, 3.05) is 25.2 Å². The van der Waals surface area contributed by atoms with Crippen LogP contribution in [-0.4, -0.2) is 36.5 Å². The fourth-order valence-electron chi connectivity index (χ4n) is 2.91. The number of halogens is 1. The Labute approximate surface area is 195 Å². The first kappa shape index (κ1) is 23.1. The van der Waals surface area contributed by atoms with Gasteiger partial charge in [-0.25, -0.2) is 4.79 Å². The molecule has 0 radical (unpaired) electrons. The highest BCUT2D eigenvalue weighted by Gasteiger charge is 2.34. The van der Waals surface area contributed by atoms with E-state index in [4.69, 9.17) is 33.3 Å². The fraction of sp³-hybridized carbons (Fsp3) is 0.227. The van der Waals surface area contributed by atoms with Gasteiger partial charge in [-0.2, -0.15) is 0 Å². The highest BCUT2D eigenvalue weighted by atomic mass is 35.5. The number of nitrogens with zero attached hydrogens (tertiary/aromatic N) is 1. The molecule has 1 aliphatic heterocycles. The van der Waals surface area contributed by atoms with Gasteiger partial charge < -0.3 is 14.2 Å². The lowest BCUT2D eigenvalue weighted by molar-refractivity contribution is -0.142. The molecule has 0 spiro atoms. The summed E-state index contributed by atoms with van der Waals surface area (Å²) in [6.07, 6.45) is 1.70. The number of esters is 1. The molecule has 31 heavy (non-hydrogen) atoms. The van der Waals surface area contributed by atoms with E-state index >= 15 is 0 Å². The van der Waals surface area contributed by atoms with Crippen molar-refractivity contribution in [1.82, 2.24) is 0 Å². The summed E-state index contributed by atoms with van der Waals surface area (Å²) in [4.78, 5) is 26.5. The van der Waals surface area contributed by atoms with Gasteiger partial charge in [0, 0.05) is 0 Å². The van der Waals surface area contributed by atoms with Crippen LogP contribution in [0.2, 0.25) is 5.02 Å². The predicted octanol–water partition coefficient (Wildman–Crippen LogP) is 5.00. The number of para-hydroxylation sites is 1. The number of thioether (sulfide) groups is 1. The molecule has 0 N–H and O–H groups in total. The van der Waals surface area contributed by atoms with Gasteiger partial charge in [0.1, 0.15) is 0 Å². The minimum atomic E-state index is -0.539. The van der Waals surface area contributed by atoms with E-state index in [1.807, 2.05) is 38.1 Å². The zero-order valence-electron chi connectivity index (χ0n) is 17.1. The Bertz CT molecular complexity index is 1070. The number of anilines is 1. The van der Waals surface area contributed by atoms with Gasteiger partial charge in [-0.15, -0.1) is 0 Å². The minimum absolute atomic E-state index is 0.204. The fourth-order valence-corrected chi connectivity index (χ4v) is 4.46. The van der Waals surface area contributed by atoms with Gasteiger partial charge in [-0.1, -0.05) is 53.8 Å². The normalized spacial score (nSPS) is 14.8. The Morgan fingerprint density at radius 3 is 2.68 bits per heavy atom. The van der Waals surface area contributed by atoms with E-state index < -0.39 is 5.97 Å². The second kappa shape index (κ2) is 10.2. The van der Waals surface area contributed by atoms with Crippen LogP contribution in [0.1, 0.15) is 18.1 Å². The summed E-state index contributed by atoms with van der Waals surface area (Å²) in [6, 6.07) is 10.9. The Morgan fingerprint density at radius 1 is 1.26 bits per heavy atom. The molecule has 1 heterocycles. The molecule has 1 saturated heterocycles. The monoisotopic (exact) mass is 477 g/mol. The van der Waals surface area contributed by atoms with Crippen molar-refractivity contribution in [2.24, 2.45) is 0 Å². The van der Waals surface area contributed by atoms with Crippen molar-refractivity contribution in [2.45, 2.75) is 13.8 Å². The summed E-state index contributed by atoms with van der Waals surface area (Å²) < 4.78 is 16.1. The topological polar surface area (TPSA) is 65.1 Å². The lowest BCUT2D eigenvalue weighted by atomic mass is 10.1. The first-order valence-corrected chi connectivity index (χ1v) is 11.0. The SMILES string of the molecule is CCOc1cc(/C=C2/SC(=S)N(c3ccccc3C)C2=O)cc(Cl)c1OCC(=O)OC. The number of aryl methyl sites for hydroxylation is 1. The molecular formula is C22H20ClNO5S2. The molecule has 0 aliphatic carbocycles. The number of methoxy groups -OCH3 is 1. The second-order valence-corrected chi connectivity index (χ2v) is 8.51. The van der Waals surface area contributed by atoms with Gasteiger partial charge in [-0.3, -0.25) is 9.69 Å². The third-order valence-electron chi connectivity index (χ3n) is 4.34. The van der Waals surface area contributed by atoms with Crippen molar-refractivity contribution < 1.29 is 23.8 Å². The van der Waals surface area contributed by atoms with E-state index in [0.717, 1.165) is 11.3 Å². The lowest BCUT2D eigenvalue weighted by Crippen LogP contribution is -2.28. The molecule has 2 aromatic rings. The molecule has 162 valence electrons. The van der Waals surface area contributed by atoms with Crippen LogP contribution < -0.4 is 14.4 Å². The third-order valence-corrected chi connectivity index (χ3v) is 5.92. The molecule has 9 heteroatoms. The summed E-state index contributed by atoms with van der Waals surface area (Å²) in [6.45, 7) is 3.81. The van der Waals surface area contributed by atoms with Crippen LogP contribution in [0.15, 0.2) is 41.3 Å². The van der Waals surface area contributed by atoms with Crippen LogP contribution in [0.5, 0.6) is 11.5 Å². The number of carbonyl (C=O) groups is 2. The Kier molecular flexibility index (Phi) is 7.59. The van der Waals surface area contributed by atoms with Crippen molar-refractivity contribution in [3.05, 3.63) is 57.5 Å². The maximum absolute atomic E-state index is 13.1. The molecule has 0 saturated carbocycles. The quantitative estimate of drug-likeness (QED) is 0.315. The molecule has 0 aromatic heterocycles. The lowest BCUT2D eigenvalue weighted by Gasteiger charge is -2.16. The molecule has 3 rings (SSSR count). The van der Waals surface area contributed by atoms with Crippen molar-refractivity contribution >= 4 is 63.5 Å². The maximum Gasteiger partial charge on any atom is 0.343 e. The van der Waals surface area contributed by atoms with Crippen molar-refractivity contribution in [3.8, 4) is 11.5 Å². The molecular weight excluding hydrogens is 458 g/mol. The van der Waals surface area contributed by atoms with Gasteiger partial charge in [0.05, 0.1) is 29.3 Å². The average molecular weight is 478 g/mol. The van der Waals surface area contributed by atoms with Crippen LogP contribution in [0.3, 0.4) is 0 Å². The third kappa shape index (κ3) is 5.20. The number of ether oxygens (including phenoxy) is 3. The number of hydrogen-bond donors (Lipinski definition) is 0. The number of benzene rings is 2. The zero-order chi connectivity index (χ0) is 22.5. The number of amides is 1. The van der Waals surface area contributed by atoms with E-state index in [2.05, 4.69) is 4.74 Å². The number of rotatable bonds is 7. The molecule has 0 bridgehead atoms. The number of hydrogen-bond acceptors (Lipinski definition) is 7. The summed E-state index contributed by atoms with van der Waals surface area (Å²) in [5, 5.41) is 0.246. The number of carbonyl (C=O) groups excluding carboxylic acids is 2. The molecule has 0 atom stereocenters. The Balaban J connectivity index is 1.92. The van der Waals surface area contributed by atoms with Gasteiger partial charge in [-0.05, 0) is 49.2 Å². The molecule has 1 fully saturated rings. The first-order chi connectivity index (χ1) is 14.8. The Hall–Kier alpha value is -2.55. The van der Waals surface area contributed by atoms with Crippen LogP contribution in [0.25, 0.3) is 6.08 Å². The molecule has 6 nitrogen and oxygen atoms in total. The summed E-state index contributed by atoms with van der Waals surface area (Å²) in [5.74, 6) is -0.148. The number of thiocarbonyl (C=S) groups is 1. The second-order valence-electron chi connectivity index (χ2n) is 6.43. The maximum atomic E-state index is 13.1. The van der Waals surface area contributed by atoms with Crippen LogP contribution in [-0.2, 0) is 14.3 Å². The highest BCUT2D eigenvalue weighted by Crippen LogP contribution is 2.40. The molecule has 1 amide bonds. The molecule has 1 aliphatic rings. The van der Waals surface area contributed by atoms with E-state index in [9.17, 15) is 9.59 Å². The summed E-state index contributed by atoms with van der Waals surface area (Å²) in [5.41, 5.74) is 2.35. The molecule has 2 aromatic carbocycles. The van der Waals surface area contributed by atoms with E-state index in [0.29, 0.717) is 27.1 Å².